The van der Waals surface area contributed by atoms with E-state index in [-0.39, 0.29) is 17.2 Å². The highest BCUT2D eigenvalue weighted by Crippen LogP contribution is 2.32. The molecular formula is C13H17IN2O3. The maximum Gasteiger partial charge on any atom is 0.282 e. The van der Waals surface area contributed by atoms with Crippen LogP contribution in [-0.4, -0.2) is 23.2 Å². The highest BCUT2D eigenvalue weighted by molar-refractivity contribution is 14.1. The second kappa shape index (κ2) is 6.51. The maximum absolute atomic E-state index is 10.7. The third kappa shape index (κ3) is 3.56. The van der Waals surface area contributed by atoms with Gasteiger partial charge in [-0.15, -0.1) is 0 Å². The van der Waals surface area contributed by atoms with Crippen molar-refractivity contribution >= 4 is 34.0 Å². The maximum atomic E-state index is 10.7. The summed E-state index contributed by atoms with van der Waals surface area (Å²) in [7, 11) is 0. The van der Waals surface area contributed by atoms with Crippen LogP contribution in [0.25, 0.3) is 0 Å². The fourth-order valence-corrected chi connectivity index (χ4v) is 3.35. The van der Waals surface area contributed by atoms with E-state index in [0.717, 1.165) is 25.1 Å². The Morgan fingerprint density at radius 1 is 1.42 bits per heavy atom. The fraction of sp³-hybridized carbons (Fsp3) is 0.538. The first-order chi connectivity index (χ1) is 9.11. The molecule has 2 atom stereocenters. The van der Waals surface area contributed by atoms with Crippen LogP contribution in [0.3, 0.4) is 0 Å². The molecule has 104 valence electrons. The Morgan fingerprint density at radius 2 is 2.16 bits per heavy atom. The number of nitrogens with zero attached hydrogens (tertiary/aromatic N) is 1. The topological polar surface area (TPSA) is 75.4 Å². The molecule has 1 saturated carbocycles. The second-order valence-corrected chi connectivity index (χ2v) is 6.10. The minimum absolute atomic E-state index is 0.139. The molecule has 19 heavy (non-hydrogen) atoms. The summed E-state index contributed by atoms with van der Waals surface area (Å²) in [5, 5.41) is 23.3. The van der Waals surface area contributed by atoms with Gasteiger partial charge in [0.15, 0.2) is 0 Å². The molecule has 0 amide bonds. The first-order valence-corrected chi connectivity index (χ1v) is 7.48. The summed E-state index contributed by atoms with van der Waals surface area (Å²) in [6, 6.07) is 5.06. The Labute approximate surface area is 125 Å². The number of anilines is 1. The van der Waals surface area contributed by atoms with Crippen molar-refractivity contribution in [1.82, 2.24) is 0 Å². The highest BCUT2D eigenvalue weighted by atomic mass is 127. The predicted octanol–water partition coefficient (Wildman–Crippen LogP) is 3.02. The molecule has 5 nitrogen and oxygen atoms in total. The molecule has 6 heteroatoms. The van der Waals surface area contributed by atoms with E-state index in [4.69, 9.17) is 0 Å². The number of aliphatic hydroxyl groups excluding tert-OH is 1. The zero-order valence-electron chi connectivity index (χ0n) is 10.5. The molecule has 0 aliphatic heterocycles. The van der Waals surface area contributed by atoms with Gasteiger partial charge in [-0.2, -0.15) is 0 Å². The number of nitro benzene ring substituents is 1. The van der Waals surface area contributed by atoms with E-state index in [1.165, 1.54) is 12.5 Å². The van der Waals surface area contributed by atoms with Crippen LogP contribution in [0.1, 0.15) is 19.3 Å². The fourth-order valence-electron chi connectivity index (χ4n) is 2.64. The van der Waals surface area contributed by atoms with Crippen LogP contribution in [0.15, 0.2) is 18.2 Å². The predicted molar refractivity (Wildman–Crippen MR) is 82.2 cm³/mol. The van der Waals surface area contributed by atoms with Crippen molar-refractivity contribution in [3.8, 4) is 0 Å². The summed E-state index contributed by atoms with van der Waals surface area (Å²) >= 11 is 1.98. The molecule has 1 aliphatic rings. The van der Waals surface area contributed by atoms with Crippen LogP contribution in [0.4, 0.5) is 11.4 Å². The van der Waals surface area contributed by atoms with Crippen molar-refractivity contribution in [2.75, 3.05) is 18.5 Å². The quantitative estimate of drug-likeness (QED) is 0.471. The third-order valence-electron chi connectivity index (χ3n) is 3.76. The van der Waals surface area contributed by atoms with Gasteiger partial charge >= 0.3 is 0 Å². The molecule has 1 aliphatic carbocycles. The molecule has 0 spiro atoms. The molecule has 1 aromatic rings. The van der Waals surface area contributed by atoms with Gasteiger partial charge in [-0.3, -0.25) is 10.1 Å². The van der Waals surface area contributed by atoms with Crippen LogP contribution in [0.2, 0.25) is 0 Å². The molecule has 2 N–H and O–H groups in total. The molecule has 2 rings (SSSR count). The van der Waals surface area contributed by atoms with Crippen molar-refractivity contribution < 1.29 is 10.0 Å². The van der Waals surface area contributed by atoms with Crippen molar-refractivity contribution in [2.45, 2.75) is 19.3 Å². The monoisotopic (exact) mass is 376 g/mol. The lowest BCUT2D eigenvalue weighted by atomic mass is 9.97. The molecule has 2 unspecified atom stereocenters. The molecule has 0 bridgehead atoms. The lowest BCUT2D eigenvalue weighted by Gasteiger charge is -2.18. The number of halogens is 1. The number of nitrogens with one attached hydrogen (secondary N) is 1. The van der Waals surface area contributed by atoms with Gasteiger partial charge in [0, 0.05) is 24.9 Å². The zero-order chi connectivity index (χ0) is 13.8. The third-order valence-corrected chi connectivity index (χ3v) is 4.63. The summed E-state index contributed by atoms with van der Waals surface area (Å²) in [4.78, 5) is 10.4. The minimum Gasteiger partial charge on any atom is -0.396 e. The van der Waals surface area contributed by atoms with Crippen molar-refractivity contribution in [2.24, 2.45) is 11.8 Å². The SMILES string of the molecule is O=[N+]([O-])c1ccc(NCC2CCCC2CO)cc1I. The van der Waals surface area contributed by atoms with Crippen molar-refractivity contribution in [3.63, 3.8) is 0 Å². The number of nitro groups is 1. The summed E-state index contributed by atoms with van der Waals surface area (Å²) in [5.74, 6) is 0.891. The number of aliphatic hydroxyl groups is 1. The number of hydrogen-bond donors (Lipinski definition) is 2. The summed E-state index contributed by atoms with van der Waals surface area (Å²) in [5.41, 5.74) is 1.04. The molecule has 1 fully saturated rings. The largest absolute Gasteiger partial charge is 0.396 e. The van der Waals surface area contributed by atoms with Crippen molar-refractivity contribution in [1.29, 1.82) is 0 Å². The second-order valence-electron chi connectivity index (χ2n) is 4.94. The molecule has 0 aromatic heterocycles. The number of benzene rings is 1. The van der Waals surface area contributed by atoms with Gasteiger partial charge in [0.25, 0.3) is 5.69 Å². The van der Waals surface area contributed by atoms with Gasteiger partial charge in [0.2, 0.25) is 0 Å². The van der Waals surface area contributed by atoms with Gasteiger partial charge in [-0.1, -0.05) is 6.42 Å². The average molecular weight is 376 g/mol. The van der Waals surface area contributed by atoms with E-state index in [2.05, 4.69) is 5.32 Å². The van der Waals surface area contributed by atoms with Gasteiger partial charge in [0.1, 0.15) is 0 Å². The highest BCUT2D eigenvalue weighted by Gasteiger charge is 2.26. The van der Waals surface area contributed by atoms with Crippen molar-refractivity contribution in [3.05, 3.63) is 31.9 Å². The lowest BCUT2D eigenvalue weighted by molar-refractivity contribution is -0.385. The zero-order valence-corrected chi connectivity index (χ0v) is 12.7. The van der Waals surface area contributed by atoms with E-state index in [1.807, 2.05) is 22.6 Å². The normalized spacial score (nSPS) is 22.4. The molecular weight excluding hydrogens is 359 g/mol. The Morgan fingerprint density at radius 3 is 2.79 bits per heavy atom. The van der Waals surface area contributed by atoms with E-state index >= 15 is 0 Å². The Balaban J connectivity index is 1.96. The molecule has 0 heterocycles. The Bertz CT molecular complexity index is 467. The van der Waals surface area contributed by atoms with Gasteiger partial charge in [0.05, 0.1) is 8.49 Å². The van der Waals surface area contributed by atoms with Crippen LogP contribution in [0.5, 0.6) is 0 Å². The van der Waals surface area contributed by atoms with Crippen LogP contribution in [-0.2, 0) is 0 Å². The average Bonchev–Trinajstić information content (AvgIpc) is 2.83. The summed E-state index contributed by atoms with van der Waals surface area (Å²) in [6.45, 7) is 1.07. The van der Waals surface area contributed by atoms with Crippen LogP contribution >= 0.6 is 22.6 Å². The van der Waals surface area contributed by atoms with E-state index in [9.17, 15) is 15.2 Å². The minimum atomic E-state index is -0.371. The number of hydrogen-bond acceptors (Lipinski definition) is 4. The smallest absolute Gasteiger partial charge is 0.282 e. The molecule has 1 aromatic carbocycles. The van der Waals surface area contributed by atoms with E-state index < -0.39 is 0 Å². The van der Waals surface area contributed by atoms with Crippen LogP contribution in [0, 0.1) is 25.5 Å². The molecule has 0 radical (unpaired) electrons. The van der Waals surface area contributed by atoms with E-state index in [1.54, 1.807) is 12.1 Å². The van der Waals surface area contributed by atoms with E-state index in [0.29, 0.717) is 15.4 Å². The first-order valence-electron chi connectivity index (χ1n) is 6.40. The summed E-state index contributed by atoms with van der Waals surface area (Å²) in [6.07, 6.45) is 3.41. The van der Waals surface area contributed by atoms with Crippen LogP contribution < -0.4 is 5.32 Å². The van der Waals surface area contributed by atoms with Gasteiger partial charge in [-0.05, 0) is 59.4 Å². The number of rotatable bonds is 5. The summed E-state index contributed by atoms with van der Waals surface area (Å²) < 4.78 is 0.637. The Hall–Kier alpha value is -0.890. The lowest BCUT2D eigenvalue weighted by Crippen LogP contribution is -2.20. The standard InChI is InChI=1S/C13H17IN2O3/c14-12-6-11(4-5-13(12)16(18)19)15-7-9-2-1-3-10(9)8-17/h4-6,9-10,15,17H,1-3,7-8H2. The Kier molecular flexibility index (Phi) is 4.98. The van der Waals surface area contributed by atoms with Gasteiger partial charge < -0.3 is 10.4 Å². The molecule has 0 saturated heterocycles. The van der Waals surface area contributed by atoms with Gasteiger partial charge in [-0.25, -0.2) is 0 Å². The first kappa shape index (κ1) is 14.5.